The summed E-state index contributed by atoms with van der Waals surface area (Å²) in [7, 11) is 0. The molecule has 1 aromatic rings. The van der Waals surface area contributed by atoms with Gasteiger partial charge in [0.15, 0.2) is 5.17 Å². The Hall–Kier alpha value is -1.00. The summed E-state index contributed by atoms with van der Waals surface area (Å²) in [5.41, 5.74) is 0.682. The summed E-state index contributed by atoms with van der Waals surface area (Å²) < 4.78 is 0. The van der Waals surface area contributed by atoms with Crippen molar-refractivity contribution >= 4 is 16.9 Å². The average molecular weight is 294 g/mol. The third kappa shape index (κ3) is 5.17. The van der Waals surface area contributed by atoms with Gasteiger partial charge in [-0.05, 0) is 45.9 Å². The van der Waals surface area contributed by atoms with Crippen molar-refractivity contribution in [2.24, 2.45) is 4.99 Å². The molecule has 112 valence electrons. The lowest BCUT2D eigenvalue weighted by atomic mass is 9.90. The minimum Gasteiger partial charge on any atom is -0.396 e. The zero-order valence-corrected chi connectivity index (χ0v) is 13.9. The SMILES string of the molecule is CSC(=NC(C)(CCO)c1ccccc1)NC(C)(C)C. The van der Waals surface area contributed by atoms with Crippen LogP contribution in [-0.4, -0.2) is 28.7 Å². The van der Waals surface area contributed by atoms with E-state index in [-0.39, 0.29) is 12.1 Å². The maximum Gasteiger partial charge on any atom is 0.157 e. The van der Waals surface area contributed by atoms with Crippen LogP contribution in [0.3, 0.4) is 0 Å². The molecule has 0 radical (unpaired) electrons. The quantitative estimate of drug-likeness (QED) is 0.661. The highest BCUT2D eigenvalue weighted by Crippen LogP contribution is 2.30. The molecular weight excluding hydrogens is 268 g/mol. The second-order valence-electron chi connectivity index (χ2n) is 6.11. The molecule has 1 aromatic carbocycles. The van der Waals surface area contributed by atoms with Gasteiger partial charge in [0, 0.05) is 12.1 Å². The van der Waals surface area contributed by atoms with E-state index >= 15 is 0 Å². The lowest BCUT2D eigenvalue weighted by molar-refractivity contribution is 0.248. The number of aliphatic hydroxyl groups is 1. The molecule has 0 bridgehead atoms. The standard InChI is InChI=1S/C16H26N2OS/c1-15(2,3)17-14(20-5)18-16(4,11-12-19)13-9-7-6-8-10-13/h6-10,19H,11-12H2,1-5H3,(H,17,18). The van der Waals surface area contributed by atoms with Gasteiger partial charge in [0.25, 0.3) is 0 Å². The first-order chi connectivity index (χ1) is 9.30. The second-order valence-corrected chi connectivity index (χ2v) is 6.90. The molecule has 1 atom stereocenters. The van der Waals surface area contributed by atoms with E-state index in [4.69, 9.17) is 4.99 Å². The highest BCUT2D eigenvalue weighted by Gasteiger charge is 2.26. The minimum atomic E-state index is -0.410. The van der Waals surface area contributed by atoms with Gasteiger partial charge in [0.05, 0.1) is 5.54 Å². The fourth-order valence-electron chi connectivity index (χ4n) is 1.95. The summed E-state index contributed by atoms with van der Waals surface area (Å²) in [4.78, 5) is 4.88. The van der Waals surface area contributed by atoms with E-state index in [1.807, 2.05) is 24.5 Å². The molecule has 1 unspecified atom stereocenters. The third-order valence-corrected chi connectivity index (χ3v) is 3.60. The molecule has 0 aliphatic rings. The van der Waals surface area contributed by atoms with Crippen LogP contribution in [-0.2, 0) is 5.54 Å². The van der Waals surface area contributed by atoms with Crippen LogP contribution in [0.4, 0.5) is 0 Å². The third-order valence-electron chi connectivity index (χ3n) is 3.02. The zero-order valence-electron chi connectivity index (χ0n) is 13.1. The Balaban J connectivity index is 3.12. The summed E-state index contributed by atoms with van der Waals surface area (Å²) >= 11 is 1.60. The Labute approximate surface area is 126 Å². The minimum absolute atomic E-state index is 0.0291. The van der Waals surface area contributed by atoms with E-state index in [0.717, 1.165) is 10.7 Å². The molecule has 3 nitrogen and oxygen atoms in total. The predicted octanol–water partition coefficient (Wildman–Crippen LogP) is 3.39. The van der Waals surface area contributed by atoms with Gasteiger partial charge in [-0.3, -0.25) is 4.99 Å². The second kappa shape index (κ2) is 7.14. The molecular formula is C16H26N2OS. The molecule has 0 amide bonds. The average Bonchev–Trinajstić information content (AvgIpc) is 2.37. The lowest BCUT2D eigenvalue weighted by Gasteiger charge is -2.29. The van der Waals surface area contributed by atoms with E-state index in [1.54, 1.807) is 11.8 Å². The van der Waals surface area contributed by atoms with Crippen molar-refractivity contribution in [1.82, 2.24) is 5.32 Å². The van der Waals surface area contributed by atoms with Gasteiger partial charge in [0.1, 0.15) is 0 Å². The van der Waals surface area contributed by atoms with Gasteiger partial charge in [-0.25, -0.2) is 0 Å². The van der Waals surface area contributed by atoms with Crippen molar-refractivity contribution in [3.63, 3.8) is 0 Å². The Morgan fingerprint density at radius 3 is 2.25 bits per heavy atom. The van der Waals surface area contributed by atoms with Crippen LogP contribution in [0.2, 0.25) is 0 Å². The smallest absolute Gasteiger partial charge is 0.157 e. The van der Waals surface area contributed by atoms with Crippen LogP contribution < -0.4 is 5.32 Å². The molecule has 0 fully saturated rings. The van der Waals surface area contributed by atoms with Crippen LogP contribution in [0.15, 0.2) is 35.3 Å². The van der Waals surface area contributed by atoms with Crippen molar-refractivity contribution in [1.29, 1.82) is 0 Å². The van der Waals surface area contributed by atoms with Crippen molar-refractivity contribution in [2.75, 3.05) is 12.9 Å². The van der Waals surface area contributed by atoms with Crippen molar-refractivity contribution < 1.29 is 5.11 Å². The lowest BCUT2D eigenvalue weighted by Crippen LogP contribution is -2.40. The number of hydrogen-bond donors (Lipinski definition) is 2. The molecule has 4 heteroatoms. The van der Waals surface area contributed by atoms with Gasteiger partial charge < -0.3 is 10.4 Å². The molecule has 0 saturated carbocycles. The van der Waals surface area contributed by atoms with E-state index in [0.29, 0.717) is 6.42 Å². The summed E-state index contributed by atoms with van der Waals surface area (Å²) in [5.74, 6) is 0. The molecule has 1 rings (SSSR count). The largest absolute Gasteiger partial charge is 0.396 e. The van der Waals surface area contributed by atoms with Gasteiger partial charge in [-0.1, -0.05) is 42.1 Å². The Morgan fingerprint density at radius 1 is 1.20 bits per heavy atom. The number of benzene rings is 1. The number of nitrogens with one attached hydrogen (secondary N) is 1. The Kier molecular flexibility index (Phi) is 6.08. The van der Waals surface area contributed by atoms with Gasteiger partial charge >= 0.3 is 0 Å². The monoisotopic (exact) mass is 294 g/mol. The maximum absolute atomic E-state index is 9.38. The van der Waals surface area contributed by atoms with E-state index < -0.39 is 5.54 Å². The molecule has 0 aromatic heterocycles. The van der Waals surface area contributed by atoms with Crippen LogP contribution in [0, 0.1) is 0 Å². The fraction of sp³-hybridized carbons (Fsp3) is 0.562. The Morgan fingerprint density at radius 2 is 1.80 bits per heavy atom. The molecule has 0 aliphatic carbocycles. The van der Waals surface area contributed by atoms with Gasteiger partial charge in [0.2, 0.25) is 0 Å². The van der Waals surface area contributed by atoms with Gasteiger partial charge in [-0.15, -0.1) is 0 Å². The van der Waals surface area contributed by atoms with E-state index in [1.165, 1.54) is 0 Å². The highest BCUT2D eigenvalue weighted by atomic mass is 32.2. The van der Waals surface area contributed by atoms with Crippen LogP contribution in [0.1, 0.15) is 39.7 Å². The number of aliphatic imine (C=N–C) groups is 1. The number of rotatable bonds is 4. The van der Waals surface area contributed by atoms with E-state index in [2.05, 4.69) is 45.1 Å². The summed E-state index contributed by atoms with van der Waals surface area (Å²) in [6, 6.07) is 10.1. The molecule has 0 aliphatic heterocycles. The summed E-state index contributed by atoms with van der Waals surface area (Å²) in [5, 5.41) is 13.7. The molecule has 0 saturated heterocycles. The first-order valence-electron chi connectivity index (χ1n) is 6.89. The number of nitrogens with zero attached hydrogens (tertiary/aromatic N) is 1. The van der Waals surface area contributed by atoms with Crippen LogP contribution in [0.25, 0.3) is 0 Å². The molecule has 20 heavy (non-hydrogen) atoms. The summed E-state index contributed by atoms with van der Waals surface area (Å²) in [6.07, 6.45) is 2.62. The summed E-state index contributed by atoms with van der Waals surface area (Å²) in [6.45, 7) is 8.53. The fourth-order valence-corrected chi connectivity index (χ4v) is 2.65. The zero-order chi connectivity index (χ0) is 15.2. The maximum atomic E-state index is 9.38. The van der Waals surface area contributed by atoms with Crippen molar-refractivity contribution in [2.45, 2.75) is 45.2 Å². The van der Waals surface area contributed by atoms with Crippen LogP contribution >= 0.6 is 11.8 Å². The van der Waals surface area contributed by atoms with Crippen LogP contribution in [0.5, 0.6) is 0 Å². The highest BCUT2D eigenvalue weighted by molar-refractivity contribution is 8.13. The molecule has 0 heterocycles. The predicted molar refractivity (Wildman–Crippen MR) is 89.3 cm³/mol. The Bertz CT molecular complexity index is 440. The van der Waals surface area contributed by atoms with Gasteiger partial charge in [-0.2, -0.15) is 0 Å². The molecule has 0 spiro atoms. The van der Waals surface area contributed by atoms with Crippen molar-refractivity contribution in [3.8, 4) is 0 Å². The number of thioether (sulfide) groups is 1. The first-order valence-corrected chi connectivity index (χ1v) is 8.11. The number of hydrogen-bond acceptors (Lipinski definition) is 3. The topological polar surface area (TPSA) is 44.6 Å². The number of aliphatic hydroxyl groups excluding tert-OH is 1. The van der Waals surface area contributed by atoms with E-state index in [9.17, 15) is 5.11 Å². The van der Waals surface area contributed by atoms with Crippen molar-refractivity contribution in [3.05, 3.63) is 35.9 Å². The number of amidine groups is 1. The first kappa shape index (κ1) is 17.1. The molecule has 2 N–H and O–H groups in total. The normalized spacial score (nSPS) is 15.8.